The van der Waals surface area contributed by atoms with Gasteiger partial charge in [-0.05, 0) is 43.0 Å². The molecule has 0 unspecified atom stereocenters. The Morgan fingerprint density at radius 3 is 2.30 bits per heavy atom. The predicted molar refractivity (Wildman–Crippen MR) is 92.8 cm³/mol. The first-order valence-corrected chi connectivity index (χ1v) is 10.4. The number of carbonyl (C=O) groups is 1. The number of hydrogen-bond donors (Lipinski definition) is 0. The minimum Gasteiger partial charge on any atom is -0.335 e. The van der Waals surface area contributed by atoms with Gasteiger partial charge in [-0.15, -0.1) is 22.7 Å². The van der Waals surface area contributed by atoms with Gasteiger partial charge in [-0.2, -0.15) is 4.31 Å². The molecule has 3 heterocycles. The van der Waals surface area contributed by atoms with Crippen molar-refractivity contribution in [3.8, 4) is 0 Å². The lowest BCUT2D eigenvalue weighted by molar-refractivity contribution is 0.0702. The molecule has 0 N–H and O–H groups in total. The van der Waals surface area contributed by atoms with E-state index in [1.807, 2.05) is 31.4 Å². The summed E-state index contributed by atoms with van der Waals surface area (Å²) in [5, 5.41) is 1.91. The Bertz CT molecular complexity index is 815. The summed E-state index contributed by atoms with van der Waals surface area (Å²) in [4.78, 5) is 15.9. The Balaban J connectivity index is 1.69. The Morgan fingerprint density at radius 1 is 1.09 bits per heavy atom. The molecule has 1 saturated heterocycles. The lowest BCUT2D eigenvalue weighted by Crippen LogP contribution is -2.50. The fourth-order valence-electron chi connectivity index (χ4n) is 2.54. The van der Waals surface area contributed by atoms with Crippen LogP contribution in [0.1, 0.15) is 20.1 Å². The second-order valence-electron chi connectivity index (χ2n) is 5.49. The van der Waals surface area contributed by atoms with Crippen LogP contribution in [0, 0.1) is 13.8 Å². The second-order valence-corrected chi connectivity index (χ2v) is 9.86. The number of sulfonamides is 1. The fraction of sp³-hybridized carbons (Fsp3) is 0.400. The molecular weight excluding hydrogens is 352 g/mol. The summed E-state index contributed by atoms with van der Waals surface area (Å²) in [5.41, 5.74) is 0.976. The van der Waals surface area contributed by atoms with E-state index in [1.54, 1.807) is 11.0 Å². The standard InChI is InChI=1S/C15H18N2O3S3/c1-11-5-10-21-14(11)15(18)16-6-8-17(9-7-16)23(19,20)13-4-3-12(2)22-13/h3-5,10H,6-9H2,1-2H3. The number of thiophene rings is 2. The van der Waals surface area contributed by atoms with Gasteiger partial charge in [-0.1, -0.05) is 0 Å². The molecule has 1 aliphatic rings. The predicted octanol–water partition coefficient (Wildman–Crippen LogP) is 2.57. The minimum atomic E-state index is -3.44. The molecule has 0 saturated carbocycles. The van der Waals surface area contributed by atoms with Crippen molar-refractivity contribution in [3.63, 3.8) is 0 Å². The van der Waals surface area contributed by atoms with Crippen LogP contribution < -0.4 is 0 Å². The third-order valence-corrected chi connectivity index (χ3v) is 8.26. The van der Waals surface area contributed by atoms with E-state index in [2.05, 4.69) is 0 Å². The summed E-state index contributed by atoms with van der Waals surface area (Å²) in [7, 11) is -3.44. The van der Waals surface area contributed by atoms with E-state index in [1.165, 1.54) is 27.0 Å². The van der Waals surface area contributed by atoms with Crippen molar-refractivity contribution >= 4 is 38.6 Å². The topological polar surface area (TPSA) is 57.7 Å². The van der Waals surface area contributed by atoms with E-state index in [-0.39, 0.29) is 5.91 Å². The maximum atomic E-state index is 12.6. The van der Waals surface area contributed by atoms with Crippen LogP contribution in [0.3, 0.4) is 0 Å². The fourth-order valence-corrected chi connectivity index (χ4v) is 6.30. The molecule has 0 radical (unpaired) electrons. The molecule has 2 aromatic rings. The van der Waals surface area contributed by atoms with Crippen molar-refractivity contribution in [3.05, 3.63) is 38.9 Å². The van der Waals surface area contributed by atoms with Crippen LogP contribution in [0.15, 0.2) is 27.8 Å². The quantitative estimate of drug-likeness (QED) is 0.834. The average molecular weight is 371 g/mol. The zero-order valence-electron chi connectivity index (χ0n) is 13.0. The Hall–Kier alpha value is -1.22. The van der Waals surface area contributed by atoms with Gasteiger partial charge in [0, 0.05) is 31.1 Å². The Labute approximate surface area is 144 Å². The van der Waals surface area contributed by atoms with Crippen LogP contribution in [0.4, 0.5) is 0 Å². The van der Waals surface area contributed by atoms with Crippen LogP contribution in [-0.4, -0.2) is 49.7 Å². The number of carbonyl (C=O) groups excluding carboxylic acids is 1. The molecule has 0 atom stereocenters. The monoisotopic (exact) mass is 370 g/mol. The highest BCUT2D eigenvalue weighted by Crippen LogP contribution is 2.26. The summed E-state index contributed by atoms with van der Waals surface area (Å²) < 4.78 is 27.0. The van der Waals surface area contributed by atoms with Gasteiger partial charge in [-0.25, -0.2) is 8.42 Å². The van der Waals surface area contributed by atoms with Crippen molar-refractivity contribution in [2.24, 2.45) is 0 Å². The Morgan fingerprint density at radius 2 is 1.78 bits per heavy atom. The maximum absolute atomic E-state index is 12.6. The van der Waals surface area contributed by atoms with Crippen molar-refractivity contribution in [2.45, 2.75) is 18.1 Å². The van der Waals surface area contributed by atoms with Gasteiger partial charge < -0.3 is 4.90 Å². The highest BCUT2D eigenvalue weighted by atomic mass is 32.2. The molecular formula is C15H18N2O3S3. The van der Waals surface area contributed by atoms with Gasteiger partial charge >= 0.3 is 0 Å². The smallest absolute Gasteiger partial charge is 0.264 e. The van der Waals surface area contributed by atoms with E-state index >= 15 is 0 Å². The van der Waals surface area contributed by atoms with E-state index in [0.29, 0.717) is 30.4 Å². The molecule has 1 fully saturated rings. The largest absolute Gasteiger partial charge is 0.335 e. The first-order valence-electron chi connectivity index (χ1n) is 7.29. The molecule has 3 rings (SSSR count). The van der Waals surface area contributed by atoms with Crippen LogP contribution in [0.25, 0.3) is 0 Å². The number of hydrogen-bond acceptors (Lipinski definition) is 5. The summed E-state index contributed by atoms with van der Waals surface area (Å²) in [6.07, 6.45) is 0. The SMILES string of the molecule is Cc1ccc(S(=O)(=O)N2CCN(C(=O)c3sccc3C)CC2)s1. The van der Waals surface area contributed by atoms with Gasteiger partial charge in [-0.3, -0.25) is 4.79 Å². The molecule has 1 amide bonds. The third-order valence-electron chi connectivity index (χ3n) is 3.89. The van der Waals surface area contributed by atoms with E-state index < -0.39 is 10.0 Å². The lowest BCUT2D eigenvalue weighted by atomic mass is 10.2. The van der Waals surface area contributed by atoms with Crippen molar-refractivity contribution in [1.29, 1.82) is 0 Å². The van der Waals surface area contributed by atoms with Gasteiger partial charge in [0.05, 0.1) is 4.88 Å². The average Bonchev–Trinajstić information content (AvgIpc) is 3.15. The van der Waals surface area contributed by atoms with Crippen molar-refractivity contribution < 1.29 is 13.2 Å². The second kappa shape index (κ2) is 6.35. The lowest BCUT2D eigenvalue weighted by Gasteiger charge is -2.33. The van der Waals surface area contributed by atoms with Crippen LogP contribution >= 0.6 is 22.7 Å². The molecule has 2 aromatic heterocycles. The molecule has 1 aliphatic heterocycles. The number of piperazine rings is 1. The van der Waals surface area contributed by atoms with E-state index in [0.717, 1.165) is 15.3 Å². The van der Waals surface area contributed by atoms with Crippen LogP contribution in [0.5, 0.6) is 0 Å². The van der Waals surface area contributed by atoms with Gasteiger partial charge in [0.2, 0.25) is 0 Å². The number of aryl methyl sites for hydroxylation is 2. The first-order chi connectivity index (χ1) is 10.9. The molecule has 0 aliphatic carbocycles. The third kappa shape index (κ3) is 3.21. The zero-order valence-corrected chi connectivity index (χ0v) is 15.4. The molecule has 5 nitrogen and oxygen atoms in total. The molecule has 8 heteroatoms. The number of nitrogens with zero attached hydrogens (tertiary/aromatic N) is 2. The zero-order chi connectivity index (χ0) is 16.6. The Kier molecular flexibility index (Phi) is 4.59. The summed E-state index contributed by atoms with van der Waals surface area (Å²) >= 11 is 2.72. The van der Waals surface area contributed by atoms with Crippen LogP contribution in [0.2, 0.25) is 0 Å². The van der Waals surface area contributed by atoms with Gasteiger partial charge in [0.15, 0.2) is 0 Å². The van der Waals surface area contributed by atoms with E-state index in [9.17, 15) is 13.2 Å². The molecule has 0 bridgehead atoms. The van der Waals surface area contributed by atoms with Crippen LogP contribution in [-0.2, 0) is 10.0 Å². The van der Waals surface area contributed by atoms with Crippen molar-refractivity contribution in [2.75, 3.05) is 26.2 Å². The maximum Gasteiger partial charge on any atom is 0.264 e. The van der Waals surface area contributed by atoms with E-state index in [4.69, 9.17) is 0 Å². The summed E-state index contributed by atoms with van der Waals surface area (Å²) in [6, 6.07) is 5.40. The molecule has 0 spiro atoms. The summed E-state index contributed by atoms with van der Waals surface area (Å²) in [6.45, 7) is 5.36. The normalized spacial score (nSPS) is 16.7. The van der Waals surface area contributed by atoms with Crippen molar-refractivity contribution in [1.82, 2.24) is 9.21 Å². The highest BCUT2D eigenvalue weighted by Gasteiger charge is 2.31. The highest BCUT2D eigenvalue weighted by molar-refractivity contribution is 7.91. The molecule has 23 heavy (non-hydrogen) atoms. The molecule has 124 valence electrons. The van der Waals surface area contributed by atoms with Gasteiger partial charge in [0.25, 0.3) is 15.9 Å². The number of amides is 1. The molecule has 0 aromatic carbocycles. The minimum absolute atomic E-state index is 0.00140. The number of rotatable bonds is 3. The first kappa shape index (κ1) is 16.6. The van der Waals surface area contributed by atoms with Gasteiger partial charge in [0.1, 0.15) is 4.21 Å². The summed E-state index contributed by atoms with van der Waals surface area (Å²) in [5.74, 6) is 0.00140.